The van der Waals surface area contributed by atoms with Crippen LogP contribution in [0.5, 0.6) is 0 Å². The van der Waals surface area contributed by atoms with E-state index < -0.39 is 6.04 Å². The van der Waals surface area contributed by atoms with Crippen molar-refractivity contribution in [2.45, 2.75) is 25.4 Å². The van der Waals surface area contributed by atoms with Crippen LogP contribution in [0.3, 0.4) is 0 Å². The highest BCUT2D eigenvalue weighted by molar-refractivity contribution is 6.00. The van der Waals surface area contributed by atoms with Crippen molar-refractivity contribution in [1.82, 2.24) is 19.7 Å². The zero-order valence-corrected chi connectivity index (χ0v) is 14.1. The molecule has 0 radical (unpaired) electrons. The zero-order valence-electron chi connectivity index (χ0n) is 14.1. The van der Waals surface area contributed by atoms with Crippen molar-refractivity contribution in [1.29, 1.82) is 0 Å². The number of hydrogen-bond acceptors (Lipinski definition) is 5. The van der Waals surface area contributed by atoms with Crippen LogP contribution in [0.4, 0.5) is 5.82 Å². The summed E-state index contributed by atoms with van der Waals surface area (Å²) in [6, 6.07) is 6.40. The normalized spacial score (nSPS) is 16.8. The summed E-state index contributed by atoms with van der Waals surface area (Å²) in [5.41, 5.74) is 0.353. The van der Waals surface area contributed by atoms with Gasteiger partial charge in [0.25, 0.3) is 5.91 Å². The van der Waals surface area contributed by atoms with Crippen LogP contribution >= 0.6 is 0 Å². The number of nitrogens with zero attached hydrogens (tertiary/aromatic N) is 4. The number of amides is 2. The highest BCUT2D eigenvalue weighted by Gasteiger charge is 2.35. The topological polar surface area (TPSA) is 89.4 Å². The molecule has 1 atom stereocenters. The number of carbonyl (C=O) groups is 2. The van der Waals surface area contributed by atoms with Gasteiger partial charge in [0.1, 0.15) is 11.7 Å². The van der Waals surface area contributed by atoms with Crippen molar-refractivity contribution in [2.75, 3.05) is 25.6 Å². The van der Waals surface area contributed by atoms with E-state index in [1.807, 2.05) is 0 Å². The number of anilines is 1. The van der Waals surface area contributed by atoms with E-state index in [1.165, 1.54) is 0 Å². The predicted octanol–water partition coefficient (Wildman–Crippen LogP) is 1.17. The molecule has 1 fully saturated rings. The molecule has 0 bridgehead atoms. The molecule has 3 heterocycles. The van der Waals surface area contributed by atoms with E-state index in [0.29, 0.717) is 37.6 Å². The molecule has 0 aliphatic carbocycles. The van der Waals surface area contributed by atoms with Gasteiger partial charge in [0.15, 0.2) is 5.82 Å². The Morgan fingerprint density at radius 1 is 1.36 bits per heavy atom. The van der Waals surface area contributed by atoms with E-state index in [1.54, 1.807) is 53.4 Å². The molecule has 3 rings (SSSR count). The van der Waals surface area contributed by atoms with Crippen molar-refractivity contribution < 1.29 is 14.3 Å². The van der Waals surface area contributed by atoms with Crippen LogP contribution in [0, 0.1) is 0 Å². The molecule has 8 nitrogen and oxygen atoms in total. The largest absolute Gasteiger partial charge is 0.383 e. The number of ether oxygens (including phenoxy) is 1. The highest BCUT2D eigenvalue weighted by atomic mass is 16.5. The fraction of sp³-hybridized carbons (Fsp3) is 0.412. The molecule has 0 unspecified atom stereocenters. The summed E-state index contributed by atoms with van der Waals surface area (Å²) < 4.78 is 6.70. The van der Waals surface area contributed by atoms with Crippen LogP contribution < -0.4 is 5.32 Å². The molecule has 0 spiro atoms. The van der Waals surface area contributed by atoms with Crippen LogP contribution in [0.2, 0.25) is 0 Å². The maximum absolute atomic E-state index is 12.6. The second-order valence-corrected chi connectivity index (χ2v) is 5.82. The predicted molar refractivity (Wildman–Crippen MR) is 91.0 cm³/mol. The quantitative estimate of drug-likeness (QED) is 0.850. The summed E-state index contributed by atoms with van der Waals surface area (Å²) in [7, 11) is 1.62. The van der Waals surface area contributed by atoms with Crippen molar-refractivity contribution in [2.24, 2.45) is 0 Å². The minimum Gasteiger partial charge on any atom is -0.383 e. The van der Waals surface area contributed by atoms with E-state index in [4.69, 9.17) is 4.74 Å². The van der Waals surface area contributed by atoms with Crippen LogP contribution in [0.15, 0.2) is 36.7 Å². The third-order valence-corrected chi connectivity index (χ3v) is 4.12. The minimum atomic E-state index is -0.501. The van der Waals surface area contributed by atoms with Crippen LogP contribution in [-0.2, 0) is 16.1 Å². The Labute approximate surface area is 145 Å². The summed E-state index contributed by atoms with van der Waals surface area (Å²) >= 11 is 0. The first-order valence-electron chi connectivity index (χ1n) is 8.24. The van der Waals surface area contributed by atoms with Gasteiger partial charge in [-0.1, -0.05) is 6.07 Å². The average Bonchev–Trinajstić information content (AvgIpc) is 3.29. The van der Waals surface area contributed by atoms with Crippen molar-refractivity contribution in [3.63, 3.8) is 0 Å². The smallest absolute Gasteiger partial charge is 0.273 e. The number of pyridine rings is 1. The summed E-state index contributed by atoms with van der Waals surface area (Å²) in [4.78, 5) is 30.8. The lowest BCUT2D eigenvalue weighted by molar-refractivity contribution is -0.119. The molecule has 1 saturated heterocycles. The molecule has 2 amide bonds. The Bertz CT molecular complexity index is 731. The van der Waals surface area contributed by atoms with Gasteiger partial charge in [-0.3, -0.25) is 19.3 Å². The van der Waals surface area contributed by atoms with Gasteiger partial charge < -0.3 is 15.0 Å². The van der Waals surface area contributed by atoms with Crippen molar-refractivity contribution >= 4 is 17.6 Å². The lowest BCUT2D eigenvalue weighted by Gasteiger charge is -2.23. The highest BCUT2D eigenvalue weighted by Crippen LogP contribution is 2.21. The maximum Gasteiger partial charge on any atom is 0.273 e. The van der Waals surface area contributed by atoms with Crippen molar-refractivity contribution in [3.8, 4) is 0 Å². The van der Waals surface area contributed by atoms with Gasteiger partial charge in [-0.2, -0.15) is 5.10 Å². The first-order valence-corrected chi connectivity index (χ1v) is 8.24. The molecule has 0 saturated carbocycles. The van der Waals surface area contributed by atoms with Crippen LogP contribution in [0.25, 0.3) is 0 Å². The molecule has 132 valence electrons. The summed E-state index contributed by atoms with van der Waals surface area (Å²) in [5.74, 6) is 0.0286. The molecular formula is C17H21N5O3. The SMILES string of the molecule is COCCn1ccc(NC(=O)[C@@H]2CCCN2C(=O)c2ccccn2)n1. The minimum absolute atomic E-state index is 0.219. The molecule has 0 aromatic carbocycles. The maximum atomic E-state index is 12.6. The second-order valence-electron chi connectivity index (χ2n) is 5.82. The van der Waals surface area contributed by atoms with Crippen LogP contribution in [0.1, 0.15) is 23.3 Å². The first kappa shape index (κ1) is 17.1. The molecule has 25 heavy (non-hydrogen) atoms. The van der Waals surface area contributed by atoms with Crippen molar-refractivity contribution in [3.05, 3.63) is 42.4 Å². The van der Waals surface area contributed by atoms with Gasteiger partial charge in [0.05, 0.1) is 13.2 Å². The average molecular weight is 343 g/mol. The Morgan fingerprint density at radius 3 is 3.00 bits per heavy atom. The van der Waals surface area contributed by atoms with Gasteiger partial charge in [-0.25, -0.2) is 0 Å². The Hall–Kier alpha value is -2.74. The summed E-state index contributed by atoms with van der Waals surface area (Å²) in [5, 5.41) is 7.07. The Morgan fingerprint density at radius 2 is 2.24 bits per heavy atom. The van der Waals surface area contributed by atoms with E-state index in [-0.39, 0.29) is 11.8 Å². The monoisotopic (exact) mass is 343 g/mol. The van der Waals surface area contributed by atoms with Gasteiger partial charge >= 0.3 is 0 Å². The van der Waals surface area contributed by atoms with Gasteiger partial charge in [0, 0.05) is 32.1 Å². The summed E-state index contributed by atoms with van der Waals surface area (Å²) in [6.45, 7) is 1.71. The lowest BCUT2D eigenvalue weighted by atomic mass is 10.2. The van der Waals surface area contributed by atoms with Gasteiger partial charge in [-0.05, 0) is 25.0 Å². The zero-order chi connectivity index (χ0) is 17.6. The van der Waals surface area contributed by atoms with Crippen LogP contribution in [-0.4, -0.2) is 57.8 Å². The molecule has 2 aromatic rings. The first-order chi connectivity index (χ1) is 12.2. The fourth-order valence-corrected chi connectivity index (χ4v) is 2.87. The van der Waals surface area contributed by atoms with Gasteiger partial charge in [-0.15, -0.1) is 0 Å². The standard InChI is InChI=1S/C17H21N5O3/c1-25-12-11-21-10-7-15(20-21)19-16(23)14-6-4-9-22(14)17(24)13-5-2-3-8-18-13/h2-3,5,7-8,10,14H,4,6,9,11-12H2,1H3,(H,19,20,23)/t14-/m0/s1. The van der Waals surface area contributed by atoms with E-state index in [0.717, 1.165) is 6.42 Å². The fourth-order valence-electron chi connectivity index (χ4n) is 2.87. The number of likely N-dealkylation sites (tertiary alicyclic amines) is 1. The molecule has 1 aliphatic heterocycles. The van der Waals surface area contributed by atoms with E-state index in [2.05, 4.69) is 15.4 Å². The number of hydrogen-bond donors (Lipinski definition) is 1. The molecule has 8 heteroatoms. The lowest BCUT2D eigenvalue weighted by Crippen LogP contribution is -2.43. The number of rotatable bonds is 6. The Balaban J connectivity index is 1.64. The summed E-state index contributed by atoms with van der Waals surface area (Å²) in [6.07, 6.45) is 4.78. The van der Waals surface area contributed by atoms with E-state index >= 15 is 0 Å². The van der Waals surface area contributed by atoms with E-state index in [9.17, 15) is 9.59 Å². The molecule has 1 aliphatic rings. The number of aromatic nitrogens is 3. The number of carbonyl (C=O) groups excluding carboxylic acids is 2. The number of methoxy groups -OCH3 is 1. The third-order valence-electron chi connectivity index (χ3n) is 4.12. The second kappa shape index (κ2) is 7.89. The van der Waals surface area contributed by atoms with Gasteiger partial charge in [0.2, 0.25) is 5.91 Å². The third kappa shape index (κ3) is 4.03. The molecular weight excluding hydrogens is 322 g/mol. The number of nitrogens with one attached hydrogen (secondary N) is 1. The Kier molecular flexibility index (Phi) is 5.39. The molecule has 1 N–H and O–H groups in total. The molecule has 2 aromatic heterocycles.